The van der Waals surface area contributed by atoms with Crippen molar-refractivity contribution in [1.29, 1.82) is 0 Å². The first-order valence-electron chi connectivity index (χ1n) is 7.08. The molecule has 20 heavy (non-hydrogen) atoms. The number of anilines is 1. The summed E-state index contributed by atoms with van der Waals surface area (Å²) in [6.45, 7) is 3.08. The molecule has 0 spiro atoms. The van der Waals surface area contributed by atoms with Crippen LogP contribution in [0.25, 0.3) is 0 Å². The molecule has 1 fully saturated rings. The number of aromatic nitrogens is 2. The van der Waals surface area contributed by atoms with Gasteiger partial charge in [-0.3, -0.25) is 0 Å². The van der Waals surface area contributed by atoms with Crippen molar-refractivity contribution < 1.29 is 0 Å². The first-order chi connectivity index (χ1) is 9.79. The molecule has 0 atom stereocenters. The molecular weight excluding hydrogens is 290 g/mol. The molecule has 106 valence electrons. The van der Waals surface area contributed by atoms with Crippen molar-refractivity contribution in [3.8, 4) is 0 Å². The second-order valence-electron chi connectivity index (χ2n) is 5.16. The van der Waals surface area contributed by atoms with Gasteiger partial charge < -0.3 is 4.90 Å². The van der Waals surface area contributed by atoms with Crippen LogP contribution >= 0.6 is 22.9 Å². The third-order valence-corrected chi connectivity index (χ3v) is 4.72. The minimum atomic E-state index is 0.605. The van der Waals surface area contributed by atoms with Gasteiger partial charge in [0.25, 0.3) is 0 Å². The Morgan fingerprint density at radius 3 is 2.90 bits per heavy atom. The van der Waals surface area contributed by atoms with Crippen LogP contribution in [0.5, 0.6) is 0 Å². The Bertz CT molecular complexity index is 567. The van der Waals surface area contributed by atoms with Gasteiger partial charge in [-0.2, -0.15) is 0 Å². The van der Waals surface area contributed by atoms with Crippen LogP contribution in [0, 0.1) is 0 Å². The molecule has 0 saturated heterocycles. The Balaban J connectivity index is 1.93. The van der Waals surface area contributed by atoms with E-state index in [-0.39, 0.29) is 0 Å². The van der Waals surface area contributed by atoms with E-state index in [1.807, 2.05) is 0 Å². The van der Waals surface area contributed by atoms with Crippen molar-refractivity contribution in [2.24, 2.45) is 0 Å². The molecule has 2 aromatic heterocycles. The zero-order valence-electron chi connectivity index (χ0n) is 11.6. The Morgan fingerprint density at radius 2 is 2.25 bits per heavy atom. The molecule has 2 heterocycles. The number of hydrogen-bond acceptors (Lipinski definition) is 4. The van der Waals surface area contributed by atoms with Gasteiger partial charge >= 0.3 is 0 Å². The molecule has 3 rings (SSSR count). The lowest BCUT2D eigenvalue weighted by atomic mass is 10.1. The lowest BCUT2D eigenvalue weighted by Gasteiger charge is -2.25. The third-order valence-electron chi connectivity index (χ3n) is 3.54. The van der Waals surface area contributed by atoms with Crippen LogP contribution in [0.1, 0.15) is 36.6 Å². The van der Waals surface area contributed by atoms with Gasteiger partial charge in [0, 0.05) is 16.5 Å². The van der Waals surface area contributed by atoms with E-state index in [9.17, 15) is 0 Å². The highest BCUT2D eigenvalue weighted by Crippen LogP contribution is 2.36. The lowest BCUT2D eigenvalue weighted by molar-refractivity contribution is 0.765. The lowest BCUT2D eigenvalue weighted by Crippen LogP contribution is -2.27. The zero-order valence-corrected chi connectivity index (χ0v) is 13.1. The smallest absolute Gasteiger partial charge is 0.137 e. The largest absolute Gasteiger partial charge is 0.348 e. The fourth-order valence-electron chi connectivity index (χ4n) is 2.43. The van der Waals surface area contributed by atoms with Crippen LogP contribution in [-0.2, 0) is 13.0 Å². The van der Waals surface area contributed by atoms with Gasteiger partial charge in [-0.1, -0.05) is 31.0 Å². The molecule has 0 bridgehead atoms. The van der Waals surface area contributed by atoms with Gasteiger partial charge in [0.1, 0.15) is 17.3 Å². The van der Waals surface area contributed by atoms with E-state index in [4.69, 9.17) is 11.6 Å². The summed E-state index contributed by atoms with van der Waals surface area (Å²) in [6.07, 6.45) is 6.07. The average Bonchev–Trinajstić information content (AvgIpc) is 3.16. The average molecular weight is 308 g/mol. The van der Waals surface area contributed by atoms with Gasteiger partial charge in [0.2, 0.25) is 0 Å². The zero-order chi connectivity index (χ0) is 13.9. The summed E-state index contributed by atoms with van der Waals surface area (Å²) in [5.74, 6) is 1.03. The maximum atomic E-state index is 6.28. The monoisotopic (exact) mass is 307 g/mol. The van der Waals surface area contributed by atoms with Crippen LogP contribution in [-0.4, -0.2) is 16.0 Å². The summed E-state index contributed by atoms with van der Waals surface area (Å²) in [5, 5.41) is 2.73. The quantitative estimate of drug-likeness (QED) is 0.745. The molecule has 0 N–H and O–H groups in total. The normalized spacial score (nSPS) is 14.5. The second-order valence-corrected chi connectivity index (χ2v) is 6.55. The van der Waals surface area contributed by atoms with E-state index in [1.54, 1.807) is 17.7 Å². The molecule has 1 saturated carbocycles. The molecule has 1 aliphatic carbocycles. The molecule has 0 aromatic carbocycles. The van der Waals surface area contributed by atoms with Crippen LogP contribution in [0.4, 0.5) is 5.82 Å². The SMILES string of the molecule is CCCc1c(Cl)ncnc1N(Cc1cccs1)C1CC1. The molecule has 1 aliphatic rings. The third kappa shape index (κ3) is 2.96. The fourth-order valence-corrected chi connectivity index (χ4v) is 3.35. The van der Waals surface area contributed by atoms with E-state index in [0.717, 1.165) is 30.8 Å². The van der Waals surface area contributed by atoms with Crippen molar-refractivity contribution in [1.82, 2.24) is 9.97 Å². The highest BCUT2D eigenvalue weighted by molar-refractivity contribution is 7.09. The summed E-state index contributed by atoms with van der Waals surface area (Å²) in [5.41, 5.74) is 1.10. The number of rotatable bonds is 6. The topological polar surface area (TPSA) is 29.0 Å². The predicted octanol–water partition coefficient (Wildman–Crippen LogP) is 4.31. The highest BCUT2D eigenvalue weighted by Gasteiger charge is 2.32. The molecule has 0 radical (unpaired) electrons. The van der Waals surface area contributed by atoms with E-state index >= 15 is 0 Å². The Kier molecular flexibility index (Phi) is 4.22. The molecule has 3 nitrogen and oxygen atoms in total. The van der Waals surface area contributed by atoms with E-state index in [1.165, 1.54) is 17.7 Å². The van der Waals surface area contributed by atoms with Crippen LogP contribution in [0.2, 0.25) is 5.15 Å². The van der Waals surface area contributed by atoms with Gasteiger partial charge in [-0.05, 0) is 30.7 Å². The minimum Gasteiger partial charge on any atom is -0.348 e. The number of nitrogens with zero attached hydrogens (tertiary/aromatic N) is 3. The van der Waals surface area contributed by atoms with Gasteiger partial charge in [0.05, 0.1) is 6.54 Å². The summed E-state index contributed by atoms with van der Waals surface area (Å²) in [4.78, 5) is 12.5. The van der Waals surface area contributed by atoms with Crippen molar-refractivity contribution in [2.75, 3.05) is 4.90 Å². The molecule has 2 aromatic rings. The number of halogens is 1. The van der Waals surface area contributed by atoms with Crippen LogP contribution in [0.3, 0.4) is 0 Å². The van der Waals surface area contributed by atoms with Gasteiger partial charge in [0.15, 0.2) is 0 Å². The molecule has 0 unspecified atom stereocenters. The van der Waals surface area contributed by atoms with Crippen molar-refractivity contribution in [2.45, 2.75) is 45.2 Å². The molecule has 0 amide bonds. The molecule has 5 heteroatoms. The van der Waals surface area contributed by atoms with Gasteiger partial charge in [-0.25, -0.2) is 9.97 Å². The van der Waals surface area contributed by atoms with Crippen molar-refractivity contribution in [3.05, 3.63) is 39.4 Å². The van der Waals surface area contributed by atoms with Crippen LogP contribution in [0.15, 0.2) is 23.8 Å². The predicted molar refractivity (Wildman–Crippen MR) is 84.6 cm³/mol. The first kappa shape index (κ1) is 13.8. The van der Waals surface area contributed by atoms with E-state index in [0.29, 0.717) is 11.2 Å². The molecule has 0 aliphatic heterocycles. The fraction of sp³-hybridized carbons (Fsp3) is 0.467. The minimum absolute atomic E-state index is 0.605. The van der Waals surface area contributed by atoms with E-state index in [2.05, 4.69) is 39.3 Å². The second kappa shape index (κ2) is 6.10. The summed E-state index contributed by atoms with van der Waals surface area (Å²) in [6, 6.07) is 4.89. The standard InChI is InChI=1S/C15H18ClN3S/c1-2-4-13-14(16)17-10-18-15(13)19(11-6-7-11)9-12-5-3-8-20-12/h3,5,8,10-11H,2,4,6-7,9H2,1H3. The Labute approximate surface area is 128 Å². The Hall–Kier alpha value is -1.13. The summed E-state index contributed by atoms with van der Waals surface area (Å²) < 4.78 is 0. The van der Waals surface area contributed by atoms with Crippen molar-refractivity contribution >= 4 is 28.8 Å². The first-order valence-corrected chi connectivity index (χ1v) is 8.33. The van der Waals surface area contributed by atoms with Crippen LogP contribution < -0.4 is 4.90 Å². The maximum absolute atomic E-state index is 6.28. The number of hydrogen-bond donors (Lipinski definition) is 0. The van der Waals surface area contributed by atoms with E-state index < -0.39 is 0 Å². The Morgan fingerprint density at radius 1 is 1.40 bits per heavy atom. The summed E-state index contributed by atoms with van der Waals surface area (Å²) in [7, 11) is 0. The van der Waals surface area contributed by atoms with Gasteiger partial charge in [-0.15, -0.1) is 11.3 Å². The van der Waals surface area contributed by atoms with Crippen molar-refractivity contribution in [3.63, 3.8) is 0 Å². The maximum Gasteiger partial charge on any atom is 0.137 e. The molecular formula is C15H18ClN3S. The highest BCUT2D eigenvalue weighted by atomic mass is 35.5. The number of thiophene rings is 1. The summed E-state index contributed by atoms with van der Waals surface area (Å²) >= 11 is 8.08.